The van der Waals surface area contributed by atoms with Gasteiger partial charge in [0.1, 0.15) is 5.82 Å². The summed E-state index contributed by atoms with van der Waals surface area (Å²) in [6.07, 6.45) is 4.95. The van der Waals surface area contributed by atoms with Crippen LogP contribution >= 0.6 is 0 Å². The summed E-state index contributed by atoms with van der Waals surface area (Å²) < 4.78 is 0. The summed E-state index contributed by atoms with van der Waals surface area (Å²) in [6, 6.07) is 0. The van der Waals surface area contributed by atoms with Crippen molar-refractivity contribution < 1.29 is 0 Å². The monoisotopic (exact) mass is 221 g/mol. The van der Waals surface area contributed by atoms with Gasteiger partial charge < -0.3 is 4.98 Å². The van der Waals surface area contributed by atoms with E-state index in [4.69, 9.17) is 0 Å². The van der Waals surface area contributed by atoms with Gasteiger partial charge >= 0.3 is 0 Å². The number of aromatic nitrogens is 2. The summed E-state index contributed by atoms with van der Waals surface area (Å²) in [6.45, 7) is 12.6. The lowest BCUT2D eigenvalue weighted by atomic mass is 9.93. The molecule has 0 spiro atoms. The Morgan fingerprint density at radius 2 is 2.12 bits per heavy atom. The van der Waals surface area contributed by atoms with E-state index in [1.807, 2.05) is 12.4 Å². The molecule has 1 aliphatic rings. The van der Waals surface area contributed by atoms with Crippen LogP contribution in [-0.4, -0.2) is 32.5 Å². The Bertz CT molecular complexity index is 346. The van der Waals surface area contributed by atoms with Gasteiger partial charge in [-0.25, -0.2) is 4.98 Å². The number of rotatable bonds is 1. The molecular weight excluding hydrogens is 198 g/mol. The van der Waals surface area contributed by atoms with Crippen LogP contribution in [0.4, 0.5) is 0 Å². The lowest BCUT2D eigenvalue weighted by Crippen LogP contribution is -2.49. The molecule has 1 aromatic rings. The van der Waals surface area contributed by atoms with Crippen LogP contribution in [0.15, 0.2) is 12.4 Å². The van der Waals surface area contributed by atoms with E-state index >= 15 is 0 Å². The van der Waals surface area contributed by atoms with Gasteiger partial charge in [0.05, 0.1) is 0 Å². The number of nitrogens with zero attached hydrogens (tertiary/aromatic N) is 2. The molecule has 0 aliphatic carbocycles. The second-order valence-electron chi connectivity index (χ2n) is 6.47. The molecule has 16 heavy (non-hydrogen) atoms. The van der Waals surface area contributed by atoms with E-state index in [9.17, 15) is 0 Å². The lowest BCUT2D eigenvalue weighted by Gasteiger charge is -2.42. The SMILES string of the molecule is CC(C)(C)N1CC(c2ncc[nH]2)CC1(C)C. The van der Waals surface area contributed by atoms with Crippen molar-refractivity contribution in [3.8, 4) is 0 Å². The van der Waals surface area contributed by atoms with Crippen molar-refractivity contribution in [3.05, 3.63) is 18.2 Å². The molecular formula is C13H23N3. The van der Waals surface area contributed by atoms with Gasteiger partial charge in [-0.1, -0.05) is 0 Å². The van der Waals surface area contributed by atoms with Crippen LogP contribution < -0.4 is 0 Å². The number of likely N-dealkylation sites (tertiary alicyclic amines) is 1. The maximum absolute atomic E-state index is 4.40. The standard InChI is InChI=1S/C13H23N3/c1-12(2,3)16-9-10(8-13(16,4)5)11-14-6-7-15-11/h6-7,10H,8-9H2,1-5H3,(H,14,15). The quantitative estimate of drug-likeness (QED) is 0.790. The number of aromatic amines is 1. The van der Waals surface area contributed by atoms with E-state index < -0.39 is 0 Å². The molecule has 1 unspecified atom stereocenters. The molecule has 3 heteroatoms. The second-order valence-corrected chi connectivity index (χ2v) is 6.47. The van der Waals surface area contributed by atoms with Gasteiger partial charge in [-0.3, -0.25) is 4.90 Å². The van der Waals surface area contributed by atoms with Crippen LogP contribution in [0.1, 0.15) is 52.8 Å². The van der Waals surface area contributed by atoms with Crippen molar-refractivity contribution in [2.45, 2.75) is 58.0 Å². The van der Waals surface area contributed by atoms with Crippen molar-refractivity contribution in [1.29, 1.82) is 0 Å². The van der Waals surface area contributed by atoms with Crippen LogP contribution in [0.5, 0.6) is 0 Å². The molecule has 1 aliphatic heterocycles. The molecule has 1 atom stereocenters. The highest BCUT2D eigenvalue weighted by molar-refractivity contribution is 5.09. The van der Waals surface area contributed by atoms with Gasteiger partial charge in [0.2, 0.25) is 0 Å². The highest BCUT2D eigenvalue weighted by atomic mass is 15.3. The molecule has 0 bridgehead atoms. The molecule has 0 radical (unpaired) electrons. The first-order chi connectivity index (χ1) is 7.31. The molecule has 3 nitrogen and oxygen atoms in total. The Hall–Kier alpha value is -0.830. The van der Waals surface area contributed by atoms with Gasteiger partial charge in [0.25, 0.3) is 0 Å². The minimum atomic E-state index is 0.227. The van der Waals surface area contributed by atoms with Gasteiger partial charge in [-0.2, -0.15) is 0 Å². The highest BCUT2D eigenvalue weighted by Gasteiger charge is 2.44. The van der Waals surface area contributed by atoms with Crippen LogP contribution in [-0.2, 0) is 0 Å². The van der Waals surface area contributed by atoms with Crippen molar-refractivity contribution in [3.63, 3.8) is 0 Å². The average molecular weight is 221 g/mol. The van der Waals surface area contributed by atoms with Crippen LogP contribution in [0.2, 0.25) is 0 Å². The fourth-order valence-electron chi connectivity index (χ4n) is 3.11. The summed E-state index contributed by atoms with van der Waals surface area (Å²) in [5.41, 5.74) is 0.487. The molecule has 0 amide bonds. The molecule has 1 fully saturated rings. The topological polar surface area (TPSA) is 31.9 Å². The van der Waals surface area contributed by atoms with Crippen molar-refractivity contribution in [2.24, 2.45) is 0 Å². The van der Waals surface area contributed by atoms with E-state index in [2.05, 4.69) is 49.5 Å². The van der Waals surface area contributed by atoms with Crippen molar-refractivity contribution in [2.75, 3.05) is 6.54 Å². The Labute approximate surface area is 98.3 Å². The maximum atomic E-state index is 4.40. The number of H-pyrrole nitrogens is 1. The summed E-state index contributed by atoms with van der Waals surface area (Å²) in [4.78, 5) is 10.2. The smallest absolute Gasteiger partial charge is 0.110 e. The lowest BCUT2D eigenvalue weighted by molar-refractivity contribution is 0.0677. The molecule has 1 N–H and O–H groups in total. The molecule has 90 valence electrons. The van der Waals surface area contributed by atoms with E-state index in [1.54, 1.807) is 0 Å². The van der Waals surface area contributed by atoms with E-state index in [1.165, 1.54) is 6.42 Å². The zero-order chi connectivity index (χ0) is 12.0. The summed E-state index contributed by atoms with van der Waals surface area (Å²) in [5, 5.41) is 0. The molecule has 2 rings (SSSR count). The Kier molecular flexibility index (Phi) is 2.61. The third kappa shape index (κ3) is 2.01. The molecule has 0 aromatic carbocycles. The minimum Gasteiger partial charge on any atom is -0.348 e. The van der Waals surface area contributed by atoms with Crippen LogP contribution in [0.25, 0.3) is 0 Å². The molecule has 0 saturated carbocycles. The number of imidazole rings is 1. The minimum absolute atomic E-state index is 0.227. The normalized spacial score (nSPS) is 26.2. The predicted octanol–water partition coefficient (Wildman–Crippen LogP) is 2.78. The third-order valence-corrected chi connectivity index (χ3v) is 3.60. The number of hydrogen-bond donors (Lipinski definition) is 1. The van der Waals surface area contributed by atoms with Gasteiger partial charge in [0.15, 0.2) is 0 Å². The first-order valence-electron chi connectivity index (χ1n) is 6.08. The zero-order valence-corrected chi connectivity index (χ0v) is 11.0. The first kappa shape index (κ1) is 11.6. The number of hydrogen-bond acceptors (Lipinski definition) is 2. The van der Waals surface area contributed by atoms with E-state index in [0.29, 0.717) is 5.92 Å². The molecule has 1 saturated heterocycles. The largest absolute Gasteiger partial charge is 0.348 e. The Morgan fingerprint density at radius 1 is 1.44 bits per heavy atom. The van der Waals surface area contributed by atoms with E-state index in [-0.39, 0.29) is 11.1 Å². The molecule has 2 heterocycles. The van der Waals surface area contributed by atoms with Gasteiger partial charge in [-0.05, 0) is 41.0 Å². The van der Waals surface area contributed by atoms with Crippen molar-refractivity contribution in [1.82, 2.24) is 14.9 Å². The third-order valence-electron chi connectivity index (χ3n) is 3.60. The summed E-state index contributed by atoms with van der Waals surface area (Å²) in [5.74, 6) is 1.68. The van der Waals surface area contributed by atoms with E-state index in [0.717, 1.165) is 12.4 Å². The first-order valence-corrected chi connectivity index (χ1v) is 6.08. The van der Waals surface area contributed by atoms with Crippen LogP contribution in [0, 0.1) is 0 Å². The second kappa shape index (κ2) is 3.59. The fourth-order valence-corrected chi connectivity index (χ4v) is 3.11. The Balaban J connectivity index is 2.21. The maximum Gasteiger partial charge on any atom is 0.110 e. The average Bonchev–Trinajstić information content (AvgIpc) is 2.68. The summed E-state index contributed by atoms with van der Waals surface area (Å²) >= 11 is 0. The fraction of sp³-hybridized carbons (Fsp3) is 0.769. The zero-order valence-electron chi connectivity index (χ0n) is 11.0. The number of nitrogens with one attached hydrogen (secondary N) is 1. The Morgan fingerprint density at radius 3 is 2.56 bits per heavy atom. The van der Waals surface area contributed by atoms with Gasteiger partial charge in [-0.15, -0.1) is 0 Å². The summed E-state index contributed by atoms with van der Waals surface area (Å²) in [7, 11) is 0. The van der Waals surface area contributed by atoms with Gasteiger partial charge in [0, 0.05) is 35.9 Å². The highest BCUT2D eigenvalue weighted by Crippen LogP contribution is 2.41. The molecule has 1 aromatic heterocycles. The predicted molar refractivity (Wildman–Crippen MR) is 66.5 cm³/mol. The van der Waals surface area contributed by atoms with Crippen molar-refractivity contribution >= 4 is 0 Å². The van der Waals surface area contributed by atoms with Crippen LogP contribution in [0.3, 0.4) is 0 Å².